The molecule has 0 aliphatic rings. The van der Waals surface area contributed by atoms with Gasteiger partial charge in [0.1, 0.15) is 0 Å². The molecule has 0 saturated carbocycles. The second kappa shape index (κ2) is 5.80. The summed E-state index contributed by atoms with van der Waals surface area (Å²) in [5, 5.41) is 11.8. The van der Waals surface area contributed by atoms with Crippen LogP contribution in [0.15, 0.2) is 41.5 Å². The topological polar surface area (TPSA) is 70.7 Å². The predicted octanol–water partition coefficient (Wildman–Crippen LogP) is 2.48. The molecule has 0 bridgehead atoms. The zero-order chi connectivity index (χ0) is 15.5. The van der Waals surface area contributed by atoms with Crippen molar-refractivity contribution >= 4 is 5.82 Å². The van der Waals surface area contributed by atoms with Crippen LogP contribution < -0.4 is 10.9 Å². The van der Waals surface area contributed by atoms with Crippen LogP contribution in [-0.4, -0.2) is 9.55 Å². The predicted molar refractivity (Wildman–Crippen MR) is 82.0 cm³/mol. The zero-order valence-corrected chi connectivity index (χ0v) is 12.4. The van der Waals surface area contributed by atoms with Crippen LogP contribution >= 0.6 is 0 Å². The molecule has 1 heterocycles. The number of anilines is 1. The first kappa shape index (κ1) is 14.8. The molecular formula is C16H18N4O. The average molecular weight is 282 g/mol. The molecule has 1 aromatic carbocycles. The number of aromatic nitrogens is 2. The molecule has 0 aliphatic heterocycles. The Bertz CT molecular complexity index is 718. The molecule has 5 heteroatoms. The monoisotopic (exact) mass is 282 g/mol. The van der Waals surface area contributed by atoms with E-state index in [0.29, 0.717) is 17.9 Å². The van der Waals surface area contributed by atoms with Gasteiger partial charge in [-0.1, -0.05) is 12.1 Å². The van der Waals surface area contributed by atoms with Crippen LogP contribution in [0.4, 0.5) is 5.82 Å². The molecule has 21 heavy (non-hydrogen) atoms. The van der Waals surface area contributed by atoms with Gasteiger partial charge in [0.2, 0.25) is 0 Å². The van der Waals surface area contributed by atoms with Crippen molar-refractivity contribution in [1.82, 2.24) is 9.55 Å². The Morgan fingerprint density at radius 1 is 1.29 bits per heavy atom. The Morgan fingerprint density at radius 2 is 1.95 bits per heavy atom. The van der Waals surface area contributed by atoms with Gasteiger partial charge in [-0.2, -0.15) is 5.26 Å². The fourth-order valence-electron chi connectivity index (χ4n) is 1.94. The highest BCUT2D eigenvalue weighted by atomic mass is 16.1. The summed E-state index contributed by atoms with van der Waals surface area (Å²) in [4.78, 5) is 16.4. The van der Waals surface area contributed by atoms with E-state index >= 15 is 0 Å². The van der Waals surface area contributed by atoms with E-state index in [1.165, 1.54) is 0 Å². The molecule has 0 aliphatic carbocycles. The molecule has 0 atom stereocenters. The van der Waals surface area contributed by atoms with Crippen molar-refractivity contribution in [2.24, 2.45) is 0 Å². The van der Waals surface area contributed by atoms with E-state index in [-0.39, 0.29) is 11.1 Å². The quantitative estimate of drug-likeness (QED) is 0.938. The van der Waals surface area contributed by atoms with Crippen LogP contribution in [0.1, 0.15) is 31.9 Å². The SMILES string of the molecule is CC(C)(C)n1ccnc(NCc2ccc(C#N)cc2)c1=O. The molecule has 108 valence electrons. The molecule has 0 radical (unpaired) electrons. The lowest BCUT2D eigenvalue weighted by Crippen LogP contribution is -2.35. The minimum absolute atomic E-state index is 0.140. The first-order valence-electron chi connectivity index (χ1n) is 6.73. The smallest absolute Gasteiger partial charge is 0.293 e. The number of hydrogen-bond donors (Lipinski definition) is 1. The van der Waals surface area contributed by atoms with Crippen LogP contribution in [0.2, 0.25) is 0 Å². The number of hydrogen-bond acceptors (Lipinski definition) is 4. The van der Waals surface area contributed by atoms with Crippen LogP contribution in [0.5, 0.6) is 0 Å². The molecule has 0 unspecified atom stereocenters. The van der Waals surface area contributed by atoms with Crippen molar-refractivity contribution in [2.45, 2.75) is 32.9 Å². The Balaban J connectivity index is 2.17. The minimum atomic E-state index is -0.287. The number of rotatable bonds is 3. The molecule has 2 rings (SSSR count). The van der Waals surface area contributed by atoms with Crippen molar-refractivity contribution in [3.8, 4) is 6.07 Å². The van der Waals surface area contributed by atoms with Crippen molar-refractivity contribution < 1.29 is 0 Å². The van der Waals surface area contributed by atoms with Crippen LogP contribution in [0.3, 0.4) is 0 Å². The van der Waals surface area contributed by atoms with E-state index in [1.54, 1.807) is 29.1 Å². The molecule has 5 nitrogen and oxygen atoms in total. The summed E-state index contributed by atoms with van der Waals surface area (Å²) < 4.78 is 1.65. The largest absolute Gasteiger partial charge is 0.361 e. The van der Waals surface area contributed by atoms with E-state index in [4.69, 9.17) is 5.26 Å². The summed E-state index contributed by atoms with van der Waals surface area (Å²) in [6.07, 6.45) is 3.31. The molecular weight excluding hydrogens is 264 g/mol. The Hall–Kier alpha value is -2.61. The van der Waals surface area contributed by atoms with Crippen molar-refractivity contribution in [3.63, 3.8) is 0 Å². The van der Waals surface area contributed by atoms with Gasteiger partial charge >= 0.3 is 0 Å². The van der Waals surface area contributed by atoms with Gasteiger partial charge in [0.15, 0.2) is 5.82 Å². The second-order valence-electron chi connectivity index (χ2n) is 5.78. The molecule has 2 aromatic rings. The van der Waals surface area contributed by atoms with Crippen molar-refractivity contribution in [3.05, 3.63) is 58.1 Å². The lowest BCUT2D eigenvalue weighted by Gasteiger charge is -2.22. The van der Waals surface area contributed by atoms with Crippen LogP contribution in [0.25, 0.3) is 0 Å². The van der Waals surface area contributed by atoms with Crippen LogP contribution in [0, 0.1) is 11.3 Å². The highest BCUT2D eigenvalue weighted by molar-refractivity contribution is 5.36. The Kier molecular flexibility index (Phi) is 4.08. The van der Waals surface area contributed by atoms with Gasteiger partial charge in [-0.3, -0.25) is 4.79 Å². The van der Waals surface area contributed by atoms with E-state index in [2.05, 4.69) is 16.4 Å². The highest BCUT2D eigenvalue weighted by Crippen LogP contribution is 2.11. The fraction of sp³-hybridized carbons (Fsp3) is 0.312. The van der Waals surface area contributed by atoms with Crippen molar-refractivity contribution in [2.75, 3.05) is 5.32 Å². The number of nitrogens with zero attached hydrogens (tertiary/aromatic N) is 3. The Morgan fingerprint density at radius 3 is 2.52 bits per heavy atom. The normalized spacial score (nSPS) is 11.0. The summed E-state index contributed by atoms with van der Waals surface area (Å²) in [6.45, 7) is 6.40. The lowest BCUT2D eigenvalue weighted by atomic mass is 10.1. The number of benzene rings is 1. The summed E-state index contributed by atoms with van der Waals surface area (Å²) >= 11 is 0. The van der Waals surface area contributed by atoms with Gasteiger partial charge < -0.3 is 9.88 Å². The van der Waals surface area contributed by atoms with Crippen LogP contribution in [-0.2, 0) is 12.1 Å². The van der Waals surface area contributed by atoms with E-state index in [9.17, 15) is 4.79 Å². The number of nitriles is 1. The first-order chi connectivity index (χ1) is 9.91. The maximum Gasteiger partial charge on any atom is 0.293 e. The summed E-state index contributed by atoms with van der Waals surface area (Å²) in [7, 11) is 0. The van der Waals surface area contributed by atoms with Crippen molar-refractivity contribution in [1.29, 1.82) is 5.26 Å². The van der Waals surface area contributed by atoms with Gasteiger partial charge in [0, 0.05) is 24.5 Å². The maximum absolute atomic E-state index is 12.3. The molecule has 0 fully saturated rings. The molecule has 1 N–H and O–H groups in total. The van der Waals surface area contributed by atoms with E-state index in [1.807, 2.05) is 32.9 Å². The fourth-order valence-corrected chi connectivity index (χ4v) is 1.94. The highest BCUT2D eigenvalue weighted by Gasteiger charge is 2.16. The molecule has 1 aromatic heterocycles. The summed E-state index contributed by atoms with van der Waals surface area (Å²) in [5.41, 5.74) is 1.18. The third kappa shape index (κ3) is 3.48. The first-order valence-corrected chi connectivity index (χ1v) is 6.73. The average Bonchev–Trinajstić information content (AvgIpc) is 2.45. The Labute approximate surface area is 123 Å². The minimum Gasteiger partial charge on any atom is -0.361 e. The van der Waals surface area contributed by atoms with Gasteiger partial charge in [-0.25, -0.2) is 4.98 Å². The maximum atomic E-state index is 12.3. The van der Waals surface area contributed by atoms with Gasteiger partial charge in [0.05, 0.1) is 11.6 Å². The third-order valence-electron chi connectivity index (χ3n) is 3.11. The summed E-state index contributed by atoms with van der Waals surface area (Å²) in [5.74, 6) is 0.330. The zero-order valence-electron chi connectivity index (χ0n) is 12.4. The second-order valence-corrected chi connectivity index (χ2v) is 5.78. The van der Waals surface area contributed by atoms with E-state index in [0.717, 1.165) is 5.56 Å². The number of nitrogens with one attached hydrogen (secondary N) is 1. The summed E-state index contributed by atoms with van der Waals surface area (Å²) in [6, 6.07) is 9.30. The van der Waals surface area contributed by atoms with Gasteiger partial charge in [-0.15, -0.1) is 0 Å². The third-order valence-corrected chi connectivity index (χ3v) is 3.11. The lowest BCUT2D eigenvalue weighted by molar-refractivity contribution is 0.383. The standard InChI is InChI=1S/C16H18N4O/c1-16(2,3)20-9-8-18-14(15(20)21)19-11-13-6-4-12(10-17)5-7-13/h4-9H,11H2,1-3H3,(H,18,19). The van der Waals surface area contributed by atoms with Gasteiger partial charge in [0.25, 0.3) is 5.56 Å². The van der Waals surface area contributed by atoms with E-state index < -0.39 is 0 Å². The molecule has 0 saturated heterocycles. The van der Waals surface area contributed by atoms with Gasteiger partial charge in [-0.05, 0) is 38.5 Å². The molecule has 0 amide bonds. The molecule has 0 spiro atoms.